The van der Waals surface area contributed by atoms with Gasteiger partial charge in [-0.15, -0.1) is 0 Å². The third-order valence-electron chi connectivity index (χ3n) is 21.8. The predicted octanol–water partition coefficient (Wildman–Crippen LogP) is 20.4. The van der Waals surface area contributed by atoms with Crippen molar-refractivity contribution in [1.29, 1.82) is 0 Å². The molecule has 14 aromatic rings. The molecule has 0 saturated heterocycles. The van der Waals surface area contributed by atoms with Gasteiger partial charge in [0.25, 0.3) is 0 Å². The van der Waals surface area contributed by atoms with Crippen molar-refractivity contribution in [2.75, 3.05) is 24.9 Å². The second-order valence-electron chi connectivity index (χ2n) is 33.9. The van der Waals surface area contributed by atoms with E-state index < -0.39 is 71.2 Å². The summed E-state index contributed by atoms with van der Waals surface area (Å²) in [5.41, 5.74) is 1.76. The van der Waals surface area contributed by atoms with E-state index >= 15 is 0 Å². The molecule has 6 nitrogen and oxygen atoms in total. The number of carbonyl (C=O) groups is 2. The van der Waals surface area contributed by atoms with Crippen LogP contribution in [0.25, 0.3) is 0 Å². The Hall–Kier alpha value is -5.21. The van der Waals surface area contributed by atoms with Gasteiger partial charge in [0.1, 0.15) is 11.5 Å². The van der Waals surface area contributed by atoms with Gasteiger partial charge < -0.3 is 44.1 Å². The largest absolute Gasteiger partial charge is 1.00 e. The van der Waals surface area contributed by atoms with Crippen molar-refractivity contribution in [3.8, 4) is 11.5 Å². The van der Waals surface area contributed by atoms with E-state index in [0.717, 1.165) is 55.7 Å². The van der Waals surface area contributed by atoms with E-state index in [9.17, 15) is 9.59 Å². The molecular weight excluding hydrogens is 2330 g/mol. The van der Waals surface area contributed by atoms with Gasteiger partial charge in [0.15, 0.2) is 0 Å². The Morgan fingerprint density at radius 1 is 0.328 bits per heavy atom. The van der Waals surface area contributed by atoms with Crippen LogP contribution < -0.4 is 137 Å². The molecule has 6 atom stereocenters. The summed E-state index contributed by atoms with van der Waals surface area (Å²) in [6.45, 7) is 13.5. The molecule has 2 radical (unpaired) electrons. The Bertz CT molecular complexity index is 4450. The van der Waals surface area contributed by atoms with Crippen molar-refractivity contribution in [2.24, 2.45) is 47.3 Å². The molecule has 2 aliphatic rings. The van der Waals surface area contributed by atoms with Crippen LogP contribution in [0.2, 0.25) is 29.6 Å². The van der Waals surface area contributed by atoms with E-state index in [1.807, 2.05) is 36.4 Å². The minimum atomic E-state index is -0.543. The normalized spacial score (nSPS) is 15.1. The zero-order valence-electron chi connectivity index (χ0n) is 78.8. The number of carbonyl (C=O) groups excluding carboxylic acids is 2. The first-order valence-electron chi connectivity index (χ1n) is 44.7. The van der Waals surface area contributed by atoms with Crippen LogP contribution in [0.4, 0.5) is 11.4 Å². The zero-order chi connectivity index (χ0) is 91.4. The van der Waals surface area contributed by atoms with Crippen molar-refractivity contribution in [1.82, 2.24) is 0 Å². The average molecular weight is 2460 g/mol. The summed E-state index contributed by atoms with van der Waals surface area (Å²) in [6, 6.07) is 141. The van der Waals surface area contributed by atoms with Crippen LogP contribution in [0.5, 0.6) is 11.5 Å². The zero-order valence-corrected chi connectivity index (χ0v) is 98.2. The number of hydrogen-bond donors (Lipinski definition) is 2. The van der Waals surface area contributed by atoms with E-state index in [2.05, 4.69) is 491 Å². The summed E-state index contributed by atoms with van der Waals surface area (Å²) in [5.74, 6) is 5.60. The summed E-state index contributed by atoms with van der Waals surface area (Å²) in [5, 5.41) is 23.0. The molecule has 0 aliphatic heterocycles. The molecule has 0 bridgehead atoms. The van der Waals surface area contributed by atoms with Gasteiger partial charge in [0, 0.05) is 39.4 Å². The van der Waals surface area contributed by atoms with Gasteiger partial charge in [0.2, 0.25) is 11.8 Å². The fraction of sp³-hybridized carbons (Fsp3) is 0.246. The summed E-state index contributed by atoms with van der Waals surface area (Å²) in [7, 11) is 1.52. The molecule has 2 aliphatic carbocycles. The maximum Gasteiger partial charge on any atom is 1.00 e. The number of nitrogens with one attached hydrogen (secondary N) is 2. The van der Waals surface area contributed by atoms with E-state index in [0.29, 0.717) is 35.5 Å². The van der Waals surface area contributed by atoms with Gasteiger partial charge in [-0.1, -0.05) is 418 Å². The third kappa shape index (κ3) is 39.3. The SMILES string of the molecule is COc1ccc(NC(=O)[C@@H]2C[C@H](C)CC[C@H]2C(C)C)c(I)c1.COc1ccc(NC(=O)[C@@H]2C[C@H](C)CC[C@H]2C(C)C)c([125I])c1.[125I-].[CH3][Sn]([CH3])[CH3].[CH3][Sn]([CH3])[CH3].[Na+].[Pd].c1ccc(P(c2ccccc2)c2ccccc2)cc1.c1ccc(P(c2ccccc2)c2ccccc2)cc1.c1ccc(P(c2ccccc2)c2ccccc2)cc1.c1ccc(P(c2ccccc2)c2ccccc2)cc1. The second kappa shape index (κ2) is 64.0. The number of rotatable bonds is 20. The van der Waals surface area contributed by atoms with Gasteiger partial charge in [-0.05, 0) is 238 Å². The van der Waals surface area contributed by atoms with Gasteiger partial charge in [0.05, 0.1) is 25.6 Å². The molecule has 131 heavy (non-hydrogen) atoms. The van der Waals surface area contributed by atoms with Gasteiger partial charge in [-0.3, -0.25) is 9.59 Å². The standard InChI is InChI=1S/2C18H26INO2.4C18H15P.6CH3.HI.Na.Pd.2Sn/c2*1-11(2)14-7-5-12(3)9-15(14)18(21)20-17-8-6-13(22-4)10-16(17)19;4*1-4-10-16(11-5-1)19(17-12-6-2-7-13-17)18-14-8-3-9-15-18;;;;;;;;;;;/h2*6,8,10-12,14-15H,5,7,9H2,1-4H3,(H,20,21);4*1-15H;6*1H3;1H;;;;/q;;;;;;;;;;;;;+1;;;/p-1/t2*12-,14+,15-;;;;;;;;;;;;;;;/m11.............../s1/i19-2;;;;;;;;;;;;1-2;;;;. The second-order valence-corrected chi connectivity index (χ2v) is 62.2. The fourth-order valence-electron chi connectivity index (χ4n) is 15.6. The summed E-state index contributed by atoms with van der Waals surface area (Å²) >= 11 is 3.40. The van der Waals surface area contributed by atoms with Crippen LogP contribution >= 0.6 is 76.9 Å². The smallest absolute Gasteiger partial charge is 0.0622 e. The van der Waals surface area contributed by atoms with Crippen molar-refractivity contribution in [3.05, 3.63) is 408 Å². The van der Waals surface area contributed by atoms with Crippen LogP contribution in [0.1, 0.15) is 80.1 Å². The molecule has 680 valence electrons. The molecular formula is C114H130I3N2NaO4P4PdSn2. The van der Waals surface area contributed by atoms with Gasteiger partial charge in [-0.25, -0.2) is 0 Å². The van der Waals surface area contributed by atoms with Crippen molar-refractivity contribution >= 4 is 203 Å². The number of methoxy groups -OCH3 is 2. The Balaban J connectivity index is 0.000000237. The molecule has 14 aromatic carbocycles. The molecule has 0 heterocycles. The van der Waals surface area contributed by atoms with Crippen LogP contribution in [0.15, 0.2) is 400 Å². The van der Waals surface area contributed by atoms with Crippen molar-refractivity contribution in [2.45, 2.75) is 110 Å². The van der Waals surface area contributed by atoms with Gasteiger partial charge in [-0.2, -0.15) is 0 Å². The molecule has 17 heteroatoms. The minimum absolute atomic E-state index is 0. The number of anilines is 2. The summed E-state index contributed by atoms with van der Waals surface area (Å²) in [6.07, 6.45) is 6.81. The van der Waals surface area contributed by atoms with Gasteiger partial charge >= 0.3 is 98.7 Å². The number of benzene rings is 14. The van der Waals surface area contributed by atoms with Crippen molar-refractivity contribution < 1.29 is 93.0 Å². The average Bonchev–Trinajstić information content (AvgIpc) is 0.977. The Labute approximate surface area is 886 Å². The van der Waals surface area contributed by atoms with E-state index in [1.165, 1.54) is 76.5 Å². The monoisotopic (exact) mass is 2460 g/mol. The van der Waals surface area contributed by atoms with Crippen LogP contribution in [0, 0.1) is 54.5 Å². The molecule has 0 unspecified atom stereocenters. The number of ether oxygens (including phenoxy) is 2. The summed E-state index contributed by atoms with van der Waals surface area (Å²) < 4.78 is 12.5. The topological polar surface area (TPSA) is 76.7 Å². The first kappa shape index (κ1) is 115. The first-order chi connectivity index (χ1) is 62.1. The maximum absolute atomic E-state index is 12.8. The van der Waals surface area contributed by atoms with E-state index in [4.69, 9.17) is 9.47 Å². The van der Waals surface area contributed by atoms with Crippen LogP contribution in [-0.2, 0) is 30.0 Å². The number of hydrogen-bond acceptors (Lipinski definition) is 4. The predicted molar refractivity (Wildman–Crippen MR) is 586 cm³/mol. The minimum Gasteiger partial charge on any atom is -0.0622 e. The fourth-order valence-corrected chi connectivity index (χ4v) is 26.1. The Kier molecular flexibility index (Phi) is 56.0. The molecule has 16 rings (SSSR count). The van der Waals surface area contributed by atoms with Crippen LogP contribution in [-0.4, -0.2) is 65.6 Å². The first-order valence-corrected chi connectivity index (χ1v) is 69.4. The molecule has 0 aromatic heterocycles. The third-order valence-corrected chi connectivity index (χ3v) is 33.3. The van der Waals surface area contributed by atoms with Crippen molar-refractivity contribution in [3.63, 3.8) is 0 Å². The number of halogens is 3. The van der Waals surface area contributed by atoms with E-state index in [1.54, 1.807) is 14.2 Å². The quantitative estimate of drug-likeness (QED) is 0.0453. The Morgan fingerprint density at radius 3 is 0.687 bits per heavy atom. The molecule has 2 fully saturated rings. The Morgan fingerprint density at radius 2 is 0.511 bits per heavy atom. The van der Waals surface area contributed by atoms with E-state index in [-0.39, 0.29) is 97.6 Å². The number of amides is 2. The molecule has 2 saturated carbocycles. The molecule has 0 spiro atoms. The molecule has 2 amide bonds. The maximum atomic E-state index is 12.8. The molecule has 2 N–H and O–H groups in total. The van der Waals surface area contributed by atoms with Crippen LogP contribution in [0.3, 0.4) is 0 Å². The summed E-state index contributed by atoms with van der Waals surface area (Å²) in [4.78, 5) is 39.8.